The van der Waals surface area contributed by atoms with Gasteiger partial charge in [0.1, 0.15) is 5.03 Å². The Morgan fingerprint density at radius 2 is 2.00 bits per heavy atom. The van der Waals surface area contributed by atoms with E-state index in [2.05, 4.69) is 19.9 Å². The largest absolute Gasteiger partial charge is 0.333 e. The highest BCUT2D eigenvalue weighted by molar-refractivity contribution is 7.99. The molecule has 0 saturated heterocycles. The molecular weight excluding hydrogens is 268 g/mol. The Labute approximate surface area is 113 Å². The number of imidazole rings is 1. The summed E-state index contributed by atoms with van der Waals surface area (Å²) in [6, 6.07) is 9.77. The van der Waals surface area contributed by atoms with E-state index in [4.69, 9.17) is 11.6 Å². The van der Waals surface area contributed by atoms with Crippen molar-refractivity contribution in [1.29, 1.82) is 0 Å². The number of halogens is 1. The van der Waals surface area contributed by atoms with Gasteiger partial charge in [-0.3, -0.25) is 0 Å². The van der Waals surface area contributed by atoms with Crippen LogP contribution in [0.25, 0.3) is 11.0 Å². The third-order valence-electron chi connectivity index (χ3n) is 2.37. The lowest BCUT2D eigenvalue weighted by Crippen LogP contribution is -1.89. The van der Waals surface area contributed by atoms with E-state index in [-0.39, 0.29) is 5.28 Å². The zero-order valence-corrected chi connectivity index (χ0v) is 11.1. The van der Waals surface area contributed by atoms with Crippen LogP contribution in [0.5, 0.6) is 0 Å². The van der Waals surface area contributed by atoms with Crippen LogP contribution in [0.1, 0.15) is 5.69 Å². The smallest absolute Gasteiger partial charge is 0.223 e. The summed E-state index contributed by atoms with van der Waals surface area (Å²) in [6.45, 7) is 1.89. The van der Waals surface area contributed by atoms with Gasteiger partial charge in [0, 0.05) is 5.69 Å². The number of hydrogen-bond acceptors (Lipinski definition) is 4. The molecule has 0 aliphatic carbocycles. The van der Waals surface area contributed by atoms with E-state index in [1.54, 1.807) is 0 Å². The van der Waals surface area contributed by atoms with Crippen molar-refractivity contribution >= 4 is 34.4 Å². The monoisotopic (exact) mass is 276 g/mol. The molecular formula is C12H9ClN4S. The highest BCUT2D eigenvalue weighted by Gasteiger charge is 2.06. The average Bonchev–Trinajstić information content (AvgIpc) is 2.69. The molecule has 3 rings (SSSR count). The molecule has 0 fully saturated rings. The molecule has 6 heteroatoms. The van der Waals surface area contributed by atoms with Gasteiger partial charge in [-0.2, -0.15) is 0 Å². The summed E-state index contributed by atoms with van der Waals surface area (Å²) in [7, 11) is 0. The molecule has 1 N–H and O–H groups in total. The lowest BCUT2D eigenvalue weighted by atomic mass is 10.3. The van der Waals surface area contributed by atoms with Gasteiger partial charge >= 0.3 is 0 Å². The van der Waals surface area contributed by atoms with Crippen molar-refractivity contribution in [3.63, 3.8) is 0 Å². The van der Waals surface area contributed by atoms with E-state index in [1.807, 2.05) is 37.3 Å². The number of aromatic nitrogens is 4. The van der Waals surface area contributed by atoms with E-state index < -0.39 is 0 Å². The maximum absolute atomic E-state index is 5.83. The SMILES string of the molecule is Cc1cc(Sc2nc3ccccc3[nH]2)nc(Cl)n1. The third kappa shape index (κ3) is 2.32. The van der Waals surface area contributed by atoms with E-state index in [9.17, 15) is 0 Å². The fraction of sp³-hybridized carbons (Fsp3) is 0.0833. The summed E-state index contributed by atoms with van der Waals surface area (Å²) in [5.41, 5.74) is 2.79. The first-order valence-electron chi connectivity index (χ1n) is 5.34. The average molecular weight is 277 g/mol. The van der Waals surface area contributed by atoms with Crippen molar-refractivity contribution < 1.29 is 0 Å². The molecule has 0 unspecified atom stereocenters. The maximum atomic E-state index is 5.83. The summed E-state index contributed by atoms with van der Waals surface area (Å²) in [4.78, 5) is 15.9. The maximum Gasteiger partial charge on any atom is 0.223 e. The topological polar surface area (TPSA) is 54.5 Å². The number of nitrogens with zero attached hydrogens (tertiary/aromatic N) is 3. The highest BCUT2D eigenvalue weighted by atomic mass is 35.5. The van der Waals surface area contributed by atoms with Gasteiger partial charge in [0.15, 0.2) is 5.16 Å². The highest BCUT2D eigenvalue weighted by Crippen LogP contribution is 2.26. The Bertz CT molecular complexity index is 657. The summed E-state index contributed by atoms with van der Waals surface area (Å²) >= 11 is 7.27. The van der Waals surface area contributed by atoms with Gasteiger partial charge < -0.3 is 4.98 Å². The number of aromatic amines is 1. The molecule has 2 heterocycles. The number of fused-ring (bicyclic) bond motifs is 1. The lowest BCUT2D eigenvalue weighted by Gasteiger charge is -1.99. The number of nitrogens with one attached hydrogen (secondary N) is 1. The molecule has 0 radical (unpaired) electrons. The zero-order valence-electron chi connectivity index (χ0n) is 9.51. The Morgan fingerprint density at radius 3 is 2.78 bits per heavy atom. The van der Waals surface area contributed by atoms with Crippen LogP contribution in [-0.2, 0) is 0 Å². The number of aryl methyl sites for hydroxylation is 1. The molecule has 0 bridgehead atoms. The number of H-pyrrole nitrogens is 1. The van der Waals surface area contributed by atoms with Crippen LogP contribution in [-0.4, -0.2) is 19.9 Å². The second kappa shape index (κ2) is 4.59. The van der Waals surface area contributed by atoms with E-state index >= 15 is 0 Å². The first kappa shape index (κ1) is 11.5. The van der Waals surface area contributed by atoms with Crippen LogP contribution in [0.3, 0.4) is 0 Å². The van der Waals surface area contributed by atoms with Crippen molar-refractivity contribution in [2.75, 3.05) is 0 Å². The Balaban J connectivity index is 1.96. The standard InChI is InChI=1S/C12H9ClN4S/c1-7-6-10(17-11(13)14-7)18-12-15-8-4-2-3-5-9(8)16-12/h2-6H,1H3,(H,15,16). The lowest BCUT2D eigenvalue weighted by molar-refractivity contribution is 0.994. The van der Waals surface area contributed by atoms with Crippen molar-refractivity contribution in [2.45, 2.75) is 17.1 Å². The zero-order chi connectivity index (χ0) is 12.5. The van der Waals surface area contributed by atoms with Crippen LogP contribution in [0.2, 0.25) is 5.28 Å². The molecule has 0 saturated carbocycles. The Hall–Kier alpha value is -1.59. The summed E-state index contributed by atoms with van der Waals surface area (Å²) < 4.78 is 0. The Morgan fingerprint density at radius 1 is 1.17 bits per heavy atom. The van der Waals surface area contributed by atoms with E-state index in [0.29, 0.717) is 0 Å². The predicted octanol–water partition coefficient (Wildman–Crippen LogP) is 3.47. The van der Waals surface area contributed by atoms with Gasteiger partial charge in [0.2, 0.25) is 5.28 Å². The van der Waals surface area contributed by atoms with Gasteiger partial charge in [-0.05, 0) is 48.5 Å². The molecule has 0 atom stereocenters. The summed E-state index contributed by atoms with van der Waals surface area (Å²) in [6.07, 6.45) is 0. The van der Waals surface area contributed by atoms with E-state index in [0.717, 1.165) is 26.9 Å². The van der Waals surface area contributed by atoms with Crippen LogP contribution in [0.4, 0.5) is 0 Å². The molecule has 0 amide bonds. The fourth-order valence-electron chi connectivity index (χ4n) is 1.63. The predicted molar refractivity (Wildman–Crippen MR) is 72.0 cm³/mol. The van der Waals surface area contributed by atoms with Gasteiger partial charge in [-0.25, -0.2) is 15.0 Å². The minimum absolute atomic E-state index is 0.258. The number of rotatable bonds is 2. The van der Waals surface area contributed by atoms with Gasteiger partial charge in [0.05, 0.1) is 11.0 Å². The van der Waals surface area contributed by atoms with Gasteiger partial charge in [0.25, 0.3) is 0 Å². The summed E-state index contributed by atoms with van der Waals surface area (Å²) in [5, 5.41) is 1.84. The van der Waals surface area contributed by atoms with Crippen molar-refractivity contribution in [2.24, 2.45) is 0 Å². The molecule has 0 spiro atoms. The molecule has 3 aromatic rings. The molecule has 4 nitrogen and oxygen atoms in total. The van der Waals surface area contributed by atoms with Crippen molar-refractivity contribution in [3.05, 3.63) is 41.3 Å². The van der Waals surface area contributed by atoms with Crippen LogP contribution in [0.15, 0.2) is 40.5 Å². The molecule has 0 aliphatic rings. The molecule has 90 valence electrons. The second-order valence-corrected chi connectivity index (χ2v) is 5.12. The fourth-order valence-corrected chi connectivity index (χ4v) is 2.77. The van der Waals surface area contributed by atoms with Gasteiger partial charge in [-0.15, -0.1) is 0 Å². The first-order valence-corrected chi connectivity index (χ1v) is 6.54. The van der Waals surface area contributed by atoms with E-state index in [1.165, 1.54) is 11.8 Å². The van der Waals surface area contributed by atoms with Crippen molar-refractivity contribution in [3.8, 4) is 0 Å². The van der Waals surface area contributed by atoms with Crippen LogP contribution in [0, 0.1) is 6.92 Å². The molecule has 2 aromatic heterocycles. The molecule has 0 aliphatic heterocycles. The normalized spacial score (nSPS) is 11.0. The number of benzene rings is 1. The molecule has 18 heavy (non-hydrogen) atoms. The molecule has 1 aromatic carbocycles. The van der Waals surface area contributed by atoms with Crippen LogP contribution < -0.4 is 0 Å². The van der Waals surface area contributed by atoms with Crippen molar-refractivity contribution in [1.82, 2.24) is 19.9 Å². The third-order valence-corrected chi connectivity index (χ3v) is 3.35. The number of para-hydroxylation sites is 2. The number of hydrogen-bond donors (Lipinski definition) is 1. The minimum Gasteiger partial charge on any atom is -0.333 e. The first-order chi connectivity index (χ1) is 8.70. The Kier molecular flexibility index (Phi) is 2.93. The van der Waals surface area contributed by atoms with Gasteiger partial charge in [-0.1, -0.05) is 12.1 Å². The minimum atomic E-state index is 0.258. The second-order valence-electron chi connectivity index (χ2n) is 3.78. The quantitative estimate of drug-likeness (QED) is 0.575. The van der Waals surface area contributed by atoms with Crippen LogP contribution >= 0.6 is 23.4 Å². The summed E-state index contributed by atoms with van der Waals surface area (Å²) in [5.74, 6) is 0.